The second-order valence-corrected chi connectivity index (χ2v) is 4.13. The first-order chi connectivity index (χ1) is 8.00. The number of hydrogen-bond acceptors (Lipinski definition) is 1. The van der Waals surface area contributed by atoms with Crippen molar-refractivity contribution in [2.24, 2.45) is 0 Å². The first-order valence-electron chi connectivity index (χ1n) is 5.32. The van der Waals surface area contributed by atoms with Gasteiger partial charge in [-0.15, -0.1) is 0 Å². The van der Waals surface area contributed by atoms with Crippen LogP contribution in [0.5, 0.6) is 0 Å². The van der Waals surface area contributed by atoms with Gasteiger partial charge in [0.25, 0.3) is 0 Å². The second-order valence-electron chi connectivity index (χ2n) is 4.13. The molecule has 0 unspecified atom stereocenters. The summed E-state index contributed by atoms with van der Waals surface area (Å²) in [6.07, 6.45) is 0. The van der Waals surface area contributed by atoms with E-state index in [1.807, 2.05) is 0 Å². The zero-order valence-corrected chi connectivity index (χ0v) is 9.72. The van der Waals surface area contributed by atoms with Crippen molar-refractivity contribution in [2.45, 2.75) is 13.8 Å². The van der Waals surface area contributed by atoms with Crippen molar-refractivity contribution >= 4 is 5.69 Å². The van der Waals surface area contributed by atoms with Crippen molar-refractivity contribution in [3.05, 3.63) is 53.1 Å². The largest absolute Gasteiger partial charge is 0.399 e. The number of benzene rings is 2. The van der Waals surface area contributed by atoms with Gasteiger partial charge in [-0.3, -0.25) is 0 Å². The number of nitrogen functional groups attached to an aromatic ring is 1. The molecule has 0 heterocycles. The lowest BCUT2D eigenvalue weighted by atomic mass is 9.97. The van der Waals surface area contributed by atoms with E-state index >= 15 is 0 Å². The van der Waals surface area contributed by atoms with Gasteiger partial charge >= 0.3 is 0 Å². The number of rotatable bonds is 1. The Morgan fingerprint density at radius 1 is 0.941 bits per heavy atom. The highest BCUT2D eigenvalue weighted by molar-refractivity contribution is 5.71. The predicted molar refractivity (Wildman–Crippen MR) is 65.7 cm³/mol. The molecule has 0 aromatic heterocycles. The Morgan fingerprint density at radius 2 is 1.65 bits per heavy atom. The summed E-state index contributed by atoms with van der Waals surface area (Å²) in [4.78, 5) is 0. The lowest BCUT2D eigenvalue weighted by Crippen LogP contribution is -1.96. The fourth-order valence-electron chi connectivity index (χ4n) is 1.87. The van der Waals surface area contributed by atoms with E-state index in [9.17, 15) is 8.78 Å². The molecular weight excluding hydrogens is 220 g/mol. The average Bonchev–Trinajstić information content (AvgIpc) is 2.27. The maximum atomic E-state index is 14.0. The van der Waals surface area contributed by atoms with Crippen LogP contribution in [0.25, 0.3) is 11.1 Å². The fraction of sp³-hybridized carbons (Fsp3) is 0.143. The Morgan fingerprint density at radius 3 is 2.29 bits per heavy atom. The fourth-order valence-corrected chi connectivity index (χ4v) is 1.87. The van der Waals surface area contributed by atoms with E-state index in [4.69, 9.17) is 5.73 Å². The number of nitrogens with two attached hydrogens (primary N) is 1. The standard InChI is InChI=1S/C14H13F2N/c1-8-3-6-12(15)13(14(8)16)11-5-4-10(17)7-9(11)2/h3-7H,17H2,1-2H3. The summed E-state index contributed by atoms with van der Waals surface area (Å²) < 4.78 is 27.7. The smallest absolute Gasteiger partial charge is 0.136 e. The van der Waals surface area contributed by atoms with Crippen LogP contribution in [0.3, 0.4) is 0 Å². The van der Waals surface area contributed by atoms with Crippen molar-refractivity contribution in [1.29, 1.82) is 0 Å². The maximum absolute atomic E-state index is 14.0. The molecule has 0 spiro atoms. The van der Waals surface area contributed by atoms with Gasteiger partial charge in [0, 0.05) is 5.69 Å². The minimum atomic E-state index is -0.555. The molecule has 2 rings (SSSR count). The van der Waals surface area contributed by atoms with Crippen LogP contribution in [0.4, 0.5) is 14.5 Å². The SMILES string of the molecule is Cc1cc(N)ccc1-c1c(F)ccc(C)c1F. The topological polar surface area (TPSA) is 26.0 Å². The van der Waals surface area contributed by atoms with Gasteiger partial charge in [0.1, 0.15) is 11.6 Å². The van der Waals surface area contributed by atoms with Crippen LogP contribution < -0.4 is 5.73 Å². The second kappa shape index (κ2) is 4.17. The molecule has 0 atom stereocenters. The van der Waals surface area contributed by atoms with Crippen molar-refractivity contribution in [2.75, 3.05) is 5.73 Å². The van der Waals surface area contributed by atoms with Crippen molar-refractivity contribution in [3.8, 4) is 11.1 Å². The summed E-state index contributed by atoms with van der Waals surface area (Å²) in [6, 6.07) is 7.70. The van der Waals surface area contributed by atoms with Gasteiger partial charge in [-0.2, -0.15) is 0 Å². The van der Waals surface area contributed by atoms with E-state index in [-0.39, 0.29) is 5.56 Å². The molecule has 0 radical (unpaired) electrons. The Labute approximate surface area is 98.9 Å². The van der Waals surface area contributed by atoms with Crippen LogP contribution in [0.2, 0.25) is 0 Å². The summed E-state index contributed by atoms with van der Waals surface area (Å²) in [5.74, 6) is -1.07. The van der Waals surface area contributed by atoms with Gasteiger partial charge in [-0.05, 0) is 48.7 Å². The summed E-state index contributed by atoms with van der Waals surface area (Å²) >= 11 is 0. The Bertz CT molecular complexity index is 577. The highest BCUT2D eigenvalue weighted by atomic mass is 19.1. The van der Waals surface area contributed by atoms with Crippen LogP contribution in [0.15, 0.2) is 30.3 Å². The molecule has 3 heteroatoms. The molecule has 0 bridgehead atoms. The lowest BCUT2D eigenvalue weighted by Gasteiger charge is -2.10. The molecule has 2 aromatic carbocycles. The molecule has 0 aliphatic heterocycles. The van der Waals surface area contributed by atoms with Crippen molar-refractivity contribution in [3.63, 3.8) is 0 Å². The van der Waals surface area contributed by atoms with Gasteiger partial charge in [0.2, 0.25) is 0 Å². The molecule has 0 aliphatic rings. The molecule has 1 nitrogen and oxygen atoms in total. The molecule has 88 valence electrons. The third kappa shape index (κ3) is 2.00. The Kier molecular flexibility index (Phi) is 2.84. The monoisotopic (exact) mass is 233 g/mol. The number of aryl methyl sites for hydroxylation is 2. The van der Waals surface area contributed by atoms with E-state index in [0.29, 0.717) is 16.8 Å². The molecular formula is C14H13F2N. The molecule has 0 aliphatic carbocycles. The lowest BCUT2D eigenvalue weighted by molar-refractivity contribution is 0.583. The van der Waals surface area contributed by atoms with E-state index < -0.39 is 11.6 Å². The van der Waals surface area contributed by atoms with Crippen molar-refractivity contribution < 1.29 is 8.78 Å². The summed E-state index contributed by atoms with van der Waals surface area (Å²) in [6.45, 7) is 3.40. The average molecular weight is 233 g/mol. The van der Waals surface area contributed by atoms with Gasteiger partial charge in [0.15, 0.2) is 0 Å². The number of halogens is 2. The first-order valence-corrected chi connectivity index (χ1v) is 5.32. The Balaban J connectivity index is 2.72. The highest BCUT2D eigenvalue weighted by Gasteiger charge is 2.15. The van der Waals surface area contributed by atoms with E-state index in [1.165, 1.54) is 12.1 Å². The highest BCUT2D eigenvalue weighted by Crippen LogP contribution is 2.31. The van der Waals surface area contributed by atoms with Crippen molar-refractivity contribution in [1.82, 2.24) is 0 Å². The molecule has 0 saturated carbocycles. The van der Waals surface area contributed by atoms with Crippen LogP contribution in [-0.2, 0) is 0 Å². The van der Waals surface area contributed by atoms with E-state index in [0.717, 1.165) is 5.56 Å². The van der Waals surface area contributed by atoms with Gasteiger partial charge in [-0.25, -0.2) is 8.78 Å². The Hall–Kier alpha value is -1.90. The molecule has 0 amide bonds. The minimum absolute atomic E-state index is 0.0162. The number of hydrogen-bond donors (Lipinski definition) is 1. The normalized spacial score (nSPS) is 10.6. The third-order valence-electron chi connectivity index (χ3n) is 2.80. The van der Waals surface area contributed by atoms with Gasteiger partial charge in [-0.1, -0.05) is 12.1 Å². The zero-order valence-electron chi connectivity index (χ0n) is 9.72. The number of anilines is 1. The van der Waals surface area contributed by atoms with Crippen LogP contribution in [0.1, 0.15) is 11.1 Å². The molecule has 2 aromatic rings. The first kappa shape index (κ1) is 11.6. The van der Waals surface area contributed by atoms with Crippen LogP contribution >= 0.6 is 0 Å². The maximum Gasteiger partial charge on any atom is 0.136 e. The predicted octanol–water partition coefficient (Wildman–Crippen LogP) is 3.83. The minimum Gasteiger partial charge on any atom is -0.399 e. The van der Waals surface area contributed by atoms with Crippen LogP contribution in [-0.4, -0.2) is 0 Å². The molecule has 0 saturated heterocycles. The summed E-state index contributed by atoms with van der Waals surface area (Å²) in [5, 5.41) is 0. The van der Waals surface area contributed by atoms with Crippen LogP contribution in [0, 0.1) is 25.5 Å². The third-order valence-corrected chi connectivity index (χ3v) is 2.80. The summed E-state index contributed by atoms with van der Waals surface area (Å²) in [7, 11) is 0. The quantitative estimate of drug-likeness (QED) is 0.744. The zero-order chi connectivity index (χ0) is 12.6. The molecule has 17 heavy (non-hydrogen) atoms. The van der Waals surface area contributed by atoms with E-state index in [2.05, 4.69) is 0 Å². The molecule has 0 fully saturated rings. The summed E-state index contributed by atoms with van der Waals surface area (Å²) in [5.41, 5.74) is 7.95. The van der Waals surface area contributed by atoms with E-state index in [1.54, 1.807) is 32.0 Å². The van der Waals surface area contributed by atoms with Gasteiger partial charge < -0.3 is 5.73 Å². The molecule has 2 N–H and O–H groups in total. The van der Waals surface area contributed by atoms with Gasteiger partial charge in [0.05, 0.1) is 5.56 Å².